The van der Waals surface area contributed by atoms with E-state index in [0.29, 0.717) is 0 Å². The number of aliphatic carboxylic acids is 1. The van der Waals surface area contributed by atoms with Gasteiger partial charge < -0.3 is 9.84 Å². The molecule has 0 amide bonds. The van der Waals surface area contributed by atoms with Crippen molar-refractivity contribution in [3.8, 4) is 5.75 Å². The quantitative estimate of drug-likeness (QED) is 0.843. The zero-order valence-electron chi connectivity index (χ0n) is 10.5. The fourth-order valence-electron chi connectivity index (χ4n) is 1.36. The molecular formula is C11H14FNO5S. The molecular weight excluding hydrogens is 277 g/mol. The molecule has 1 N–H and O–H groups in total. The van der Waals surface area contributed by atoms with Crippen LogP contribution in [0.1, 0.15) is 6.42 Å². The molecule has 8 heteroatoms. The number of halogens is 1. The highest BCUT2D eigenvalue weighted by Crippen LogP contribution is 2.22. The predicted molar refractivity (Wildman–Crippen MR) is 65.0 cm³/mol. The molecule has 19 heavy (non-hydrogen) atoms. The van der Waals surface area contributed by atoms with Crippen LogP contribution in [0.4, 0.5) is 4.39 Å². The highest BCUT2D eigenvalue weighted by atomic mass is 32.2. The molecule has 0 aromatic heterocycles. The van der Waals surface area contributed by atoms with Gasteiger partial charge in [0.1, 0.15) is 0 Å². The Hall–Kier alpha value is -1.67. The van der Waals surface area contributed by atoms with Crippen molar-refractivity contribution in [2.75, 3.05) is 20.7 Å². The molecule has 1 rings (SSSR count). The second-order valence-corrected chi connectivity index (χ2v) is 5.81. The lowest BCUT2D eigenvalue weighted by atomic mass is 10.3. The highest BCUT2D eigenvalue weighted by molar-refractivity contribution is 7.89. The highest BCUT2D eigenvalue weighted by Gasteiger charge is 2.22. The lowest BCUT2D eigenvalue weighted by molar-refractivity contribution is -0.137. The summed E-state index contributed by atoms with van der Waals surface area (Å²) >= 11 is 0. The van der Waals surface area contributed by atoms with Crippen molar-refractivity contribution in [2.24, 2.45) is 0 Å². The van der Waals surface area contributed by atoms with Crippen molar-refractivity contribution >= 4 is 16.0 Å². The number of ether oxygens (including phenoxy) is 1. The average molecular weight is 291 g/mol. The Kier molecular flexibility index (Phi) is 4.84. The smallest absolute Gasteiger partial charge is 0.304 e. The van der Waals surface area contributed by atoms with Gasteiger partial charge in [0.15, 0.2) is 11.6 Å². The van der Waals surface area contributed by atoms with Gasteiger partial charge in [-0.25, -0.2) is 17.1 Å². The number of hydrogen-bond donors (Lipinski definition) is 1. The third-order valence-corrected chi connectivity index (χ3v) is 4.32. The zero-order chi connectivity index (χ0) is 14.6. The van der Waals surface area contributed by atoms with Gasteiger partial charge in [-0.05, 0) is 18.2 Å². The van der Waals surface area contributed by atoms with Gasteiger partial charge in [0.2, 0.25) is 10.0 Å². The molecule has 0 unspecified atom stereocenters. The van der Waals surface area contributed by atoms with Crippen LogP contribution in [0.2, 0.25) is 0 Å². The SMILES string of the molecule is COc1ccc(S(=O)(=O)N(C)CCC(=O)O)cc1F. The minimum absolute atomic E-state index is 0.0628. The van der Waals surface area contributed by atoms with Crippen molar-refractivity contribution in [3.63, 3.8) is 0 Å². The predicted octanol–water partition coefficient (Wildman–Crippen LogP) is 0.929. The van der Waals surface area contributed by atoms with Gasteiger partial charge in [-0.15, -0.1) is 0 Å². The molecule has 1 aromatic rings. The summed E-state index contributed by atoms with van der Waals surface area (Å²) in [4.78, 5) is 10.2. The van der Waals surface area contributed by atoms with Gasteiger partial charge in [-0.3, -0.25) is 4.79 Å². The van der Waals surface area contributed by atoms with Crippen LogP contribution in [0.3, 0.4) is 0 Å². The van der Waals surface area contributed by atoms with E-state index in [1.165, 1.54) is 26.3 Å². The maximum absolute atomic E-state index is 13.5. The van der Waals surface area contributed by atoms with Crippen LogP contribution in [0, 0.1) is 5.82 Å². The molecule has 0 aliphatic rings. The molecule has 0 saturated heterocycles. The van der Waals surface area contributed by atoms with E-state index in [4.69, 9.17) is 9.84 Å². The Morgan fingerprint density at radius 3 is 2.58 bits per heavy atom. The largest absolute Gasteiger partial charge is 0.494 e. The molecule has 0 aliphatic heterocycles. The summed E-state index contributed by atoms with van der Waals surface area (Å²) in [6.07, 6.45) is -0.325. The number of sulfonamides is 1. The van der Waals surface area contributed by atoms with Crippen LogP contribution in [0.15, 0.2) is 23.1 Å². The number of methoxy groups -OCH3 is 1. The molecule has 0 fully saturated rings. The molecule has 1 aromatic carbocycles. The van der Waals surface area contributed by atoms with Crippen molar-refractivity contribution in [2.45, 2.75) is 11.3 Å². The molecule has 106 valence electrons. The number of hydrogen-bond acceptors (Lipinski definition) is 4. The number of carboxylic acid groups (broad SMARTS) is 1. The van der Waals surface area contributed by atoms with E-state index in [1.54, 1.807) is 0 Å². The Labute approximate surface area is 110 Å². The first kappa shape index (κ1) is 15.4. The molecule has 0 saturated carbocycles. The molecule has 6 nitrogen and oxygen atoms in total. The Morgan fingerprint density at radius 2 is 2.11 bits per heavy atom. The van der Waals surface area contributed by atoms with Crippen LogP contribution < -0.4 is 4.74 Å². The van der Waals surface area contributed by atoms with Gasteiger partial charge in [-0.1, -0.05) is 0 Å². The number of benzene rings is 1. The first-order chi connectivity index (χ1) is 8.78. The van der Waals surface area contributed by atoms with Crippen LogP contribution in [0.5, 0.6) is 5.75 Å². The van der Waals surface area contributed by atoms with Gasteiger partial charge in [-0.2, -0.15) is 0 Å². The second kappa shape index (κ2) is 5.98. The van der Waals surface area contributed by atoms with Crippen LogP contribution in [0.25, 0.3) is 0 Å². The minimum Gasteiger partial charge on any atom is -0.494 e. The second-order valence-electron chi connectivity index (χ2n) is 3.77. The first-order valence-electron chi connectivity index (χ1n) is 5.30. The Morgan fingerprint density at radius 1 is 1.47 bits per heavy atom. The summed E-state index contributed by atoms with van der Waals surface area (Å²) in [5.74, 6) is -1.97. The molecule has 0 bridgehead atoms. The van der Waals surface area contributed by atoms with Crippen molar-refractivity contribution in [1.29, 1.82) is 0 Å². The van der Waals surface area contributed by atoms with Crippen molar-refractivity contribution < 1.29 is 27.4 Å². The van der Waals surface area contributed by atoms with Crippen LogP contribution in [-0.4, -0.2) is 44.5 Å². The van der Waals surface area contributed by atoms with Gasteiger partial charge in [0, 0.05) is 13.6 Å². The number of carbonyl (C=O) groups is 1. The van der Waals surface area contributed by atoms with Crippen molar-refractivity contribution in [3.05, 3.63) is 24.0 Å². The first-order valence-corrected chi connectivity index (χ1v) is 6.74. The zero-order valence-corrected chi connectivity index (χ0v) is 11.3. The van der Waals surface area contributed by atoms with Crippen LogP contribution in [-0.2, 0) is 14.8 Å². The minimum atomic E-state index is -3.91. The molecule has 0 atom stereocenters. The number of nitrogens with zero attached hydrogens (tertiary/aromatic N) is 1. The summed E-state index contributed by atoms with van der Waals surface area (Å²) in [5.41, 5.74) is 0. The fourth-order valence-corrected chi connectivity index (χ4v) is 2.54. The normalized spacial score (nSPS) is 11.6. The monoisotopic (exact) mass is 291 g/mol. The molecule has 0 spiro atoms. The van der Waals surface area contributed by atoms with Crippen LogP contribution >= 0.6 is 0 Å². The summed E-state index contributed by atoms with van der Waals surface area (Å²) < 4.78 is 43.1. The Bertz CT molecular complexity index is 572. The van der Waals surface area contributed by atoms with Crippen molar-refractivity contribution in [1.82, 2.24) is 4.31 Å². The van der Waals surface area contributed by atoms with E-state index in [9.17, 15) is 17.6 Å². The summed E-state index contributed by atoms with van der Waals surface area (Å²) in [7, 11) is -1.40. The summed E-state index contributed by atoms with van der Waals surface area (Å²) in [6, 6.07) is 3.24. The lowest BCUT2D eigenvalue weighted by Gasteiger charge is -2.16. The maximum Gasteiger partial charge on any atom is 0.304 e. The standard InChI is InChI=1S/C11H14FNO5S/c1-13(6-5-11(14)15)19(16,17)8-3-4-10(18-2)9(12)7-8/h3-4,7H,5-6H2,1-2H3,(H,14,15). The summed E-state index contributed by atoms with van der Waals surface area (Å²) in [6.45, 7) is -0.189. The fraction of sp³-hybridized carbons (Fsp3) is 0.364. The maximum atomic E-state index is 13.5. The number of carboxylic acids is 1. The Balaban J connectivity index is 2.99. The third-order valence-electron chi connectivity index (χ3n) is 2.47. The van der Waals surface area contributed by atoms with E-state index >= 15 is 0 Å². The van der Waals surface area contributed by atoms with Gasteiger partial charge in [0.25, 0.3) is 0 Å². The molecule has 0 aliphatic carbocycles. The molecule has 0 radical (unpaired) electrons. The third kappa shape index (κ3) is 3.65. The molecule has 0 heterocycles. The van der Waals surface area contributed by atoms with E-state index in [0.717, 1.165) is 10.4 Å². The van der Waals surface area contributed by atoms with E-state index < -0.39 is 21.8 Å². The van der Waals surface area contributed by atoms with E-state index in [1.807, 2.05) is 0 Å². The van der Waals surface area contributed by atoms with Gasteiger partial charge in [0.05, 0.1) is 18.4 Å². The van der Waals surface area contributed by atoms with E-state index in [2.05, 4.69) is 0 Å². The topological polar surface area (TPSA) is 83.9 Å². The van der Waals surface area contributed by atoms with E-state index in [-0.39, 0.29) is 23.6 Å². The van der Waals surface area contributed by atoms with Gasteiger partial charge >= 0.3 is 5.97 Å². The lowest BCUT2D eigenvalue weighted by Crippen LogP contribution is -2.29. The average Bonchev–Trinajstić information content (AvgIpc) is 2.35. The summed E-state index contributed by atoms with van der Waals surface area (Å²) in [5, 5.41) is 8.51. The number of rotatable bonds is 6.